The number of alkyl halides is 1. The van der Waals surface area contributed by atoms with Crippen molar-refractivity contribution in [1.82, 2.24) is 9.55 Å². The van der Waals surface area contributed by atoms with Gasteiger partial charge in [-0.3, -0.25) is 0 Å². The molecule has 2 nitrogen and oxygen atoms in total. The smallest absolute Gasteiger partial charge is 0.109 e. The van der Waals surface area contributed by atoms with Gasteiger partial charge in [-0.1, -0.05) is 12.1 Å². The van der Waals surface area contributed by atoms with Gasteiger partial charge in [0.15, 0.2) is 0 Å². The molecule has 0 saturated carbocycles. The highest BCUT2D eigenvalue weighted by Crippen LogP contribution is 2.19. The molecule has 80 valence electrons. The summed E-state index contributed by atoms with van der Waals surface area (Å²) in [5, 5.41) is 0. The third-order valence-electron chi connectivity index (χ3n) is 2.72. The summed E-state index contributed by atoms with van der Waals surface area (Å²) in [6.07, 6.45) is 1.94. The molecule has 0 aliphatic heterocycles. The normalized spacial score (nSPS) is 11.1. The highest BCUT2D eigenvalue weighted by Gasteiger charge is 2.08. The third kappa shape index (κ3) is 1.86. The van der Waals surface area contributed by atoms with Crippen LogP contribution < -0.4 is 0 Å². The first kappa shape index (κ1) is 10.5. The van der Waals surface area contributed by atoms with Gasteiger partial charge in [0.05, 0.1) is 11.0 Å². The van der Waals surface area contributed by atoms with E-state index in [2.05, 4.69) is 41.7 Å². The summed E-state index contributed by atoms with van der Waals surface area (Å²) in [4.78, 5) is 4.61. The molecule has 1 aromatic carbocycles. The molecule has 0 N–H and O–H groups in total. The van der Waals surface area contributed by atoms with Crippen LogP contribution in [0.4, 0.5) is 0 Å². The molecule has 2 rings (SSSR count). The van der Waals surface area contributed by atoms with Crippen molar-refractivity contribution in [3.05, 3.63) is 29.6 Å². The van der Waals surface area contributed by atoms with Crippen LogP contribution in [0.2, 0.25) is 0 Å². The Balaban J connectivity index is 2.50. The van der Waals surface area contributed by atoms with Gasteiger partial charge in [0.2, 0.25) is 0 Å². The minimum Gasteiger partial charge on any atom is -0.331 e. The molecule has 0 spiro atoms. The largest absolute Gasteiger partial charge is 0.331 e. The number of fused-ring (bicyclic) bond motifs is 1. The monoisotopic (exact) mass is 222 g/mol. The van der Waals surface area contributed by atoms with Crippen LogP contribution in [0.15, 0.2) is 18.2 Å². The van der Waals surface area contributed by atoms with Crippen molar-refractivity contribution >= 4 is 22.6 Å². The van der Waals surface area contributed by atoms with Gasteiger partial charge in [-0.15, -0.1) is 11.6 Å². The first-order valence-corrected chi connectivity index (χ1v) is 5.74. The zero-order valence-electron chi connectivity index (χ0n) is 9.13. The molecule has 0 amide bonds. The second-order valence-electron chi connectivity index (χ2n) is 3.82. The Kier molecular flexibility index (Phi) is 2.96. The van der Waals surface area contributed by atoms with Crippen molar-refractivity contribution in [2.75, 3.05) is 5.88 Å². The molecule has 0 bridgehead atoms. The fourth-order valence-electron chi connectivity index (χ4n) is 1.96. The number of hydrogen-bond donors (Lipinski definition) is 0. The quantitative estimate of drug-likeness (QED) is 0.730. The van der Waals surface area contributed by atoms with Crippen LogP contribution in [-0.4, -0.2) is 15.4 Å². The number of imidazole rings is 1. The Morgan fingerprint density at radius 1 is 1.40 bits per heavy atom. The van der Waals surface area contributed by atoms with E-state index in [0.29, 0.717) is 5.88 Å². The van der Waals surface area contributed by atoms with Crippen LogP contribution in [0, 0.1) is 6.92 Å². The molecule has 0 aliphatic carbocycles. The summed E-state index contributed by atoms with van der Waals surface area (Å²) in [5.41, 5.74) is 3.60. The maximum atomic E-state index is 5.70. The Morgan fingerprint density at radius 2 is 2.20 bits per heavy atom. The number of benzene rings is 1. The van der Waals surface area contributed by atoms with Crippen molar-refractivity contribution in [1.29, 1.82) is 0 Å². The number of rotatable bonds is 3. The number of aryl methyl sites for hydroxylation is 3. The summed E-state index contributed by atoms with van der Waals surface area (Å²) >= 11 is 5.70. The summed E-state index contributed by atoms with van der Waals surface area (Å²) in [7, 11) is 2.08. The number of nitrogens with zero attached hydrogens (tertiary/aromatic N) is 2. The summed E-state index contributed by atoms with van der Waals surface area (Å²) in [5.74, 6) is 1.82. The molecule has 1 aromatic heterocycles. The molecular weight excluding hydrogens is 208 g/mol. The van der Waals surface area contributed by atoms with E-state index in [4.69, 9.17) is 11.6 Å². The molecule has 15 heavy (non-hydrogen) atoms. The number of halogens is 1. The topological polar surface area (TPSA) is 17.8 Å². The first-order valence-electron chi connectivity index (χ1n) is 5.21. The molecule has 1 heterocycles. The molecule has 0 atom stereocenters. The van der Waals surface area contributed by atoms with E-state index >= 15 is 0 Å². The van der Waals surface area contributed by atoms with E-state index in [9.17, 15) is 0 Å². The number of aromatic nitrogens is 2. The number of para-hydroxylation sites is 1. The maximum Gasteiger partial charge on any atom is 0.109 e. The highest BCUT2D eigenvalue weighted by atomic mass is 35.5. The van der Waals surface area contributed by atoms with Gasteiger partial charge in [-0.25, -0.2) is 4.98 Å². The van der Waals surface area contributed by atoms with Gasteiger partial charge in [-0.05, 0) is 25.0 Å². The van der Waals surface area contributed by atoms with Crippen molar-refractivity contribution in [3.63, 3.8) is 0 Å². The van der Waals surface area contributed by atoms with E-state index in [1.165, 1.54) is 11.1 Å². The van der Waals surface area contributed by atoms with E-state index in [0.717, 1.165) is 24.2 Å². The third-order valence-corrected chi connectivity index (χ3v) is 2.99. The lowest BCUT2D eigenvalue weighted by Crippen LogP contribution is -1.98. The first-order chi connectivity index (χ1) is 7.24. The second-order valence-corrected chi connectivity index (χ2v) is 4.20. The van der Waals surface area contributed by atoms with Crippen LogP contribution in [0.25, 0.3) is 11.0 Å². The highest BCUT2D eigenvalue weighted by molar-refractivity contribution is 6.17. The Morgan fingerprint density at radius 3 is 2.87 bits per heavy atom. The van der Waals surface area contributed by atoms with Gasteiger partial charge in [0, 0.05) is 19.3 Å². The van der Waals surface area contributed by atoms with Crippen molar-refractivity contribution < 1.29 is 0 Å². The van der Waals surface area contributed by atoms with E-state index < -0.39 is 0 Å². The fraction of sp³-hybridized carbons (Fsp3) is 0.417. The zero-order chi connectivity index (χ0) is 10.8. The van der Waals surface area contributed by atoms with Crippen LogP contribution in [0.1, 0.15) is 17.8 Å². The van der Waals surface area contributed by atoms with Gasteiger partial charge >= 0.3 is 0 Å². The Labute approximate surface area is 94.9 Å². The molecule has 0 saturated heterocycles. The molecule has 0 aliphatic rings. The SMILES string of the molecule is Cc1cccc2nc(CCCCl)n(C)c12. The number of hydrogen-bond acceptors (Lipinski definition) is 1. The van der Waals surface area contributed by atoms with Crippen LogP contribution in [0.3, 0.4) is 0 Å². The Hall–Kier alpha value is -1.02. The van der Waals surface area contributed by atoms with Crippen LogP contribution in [-0.2, 0) is 13.5 Å². The summed E-state index contributed by atoms with van der Waals surface area (Å²) < 4.78 is 2.18. The second kappa shape index (κ2) is 4.23. The minimum absolute atomic E-state index is 0.697. The van der Waals surface area contributed by atoms with Crippen LogP contribution >= 0.6 is 11.6 Å². The summed E-state index contributed by atoms with van der Waals surface area (Å²) in [6, 6.07) is 6.23. The maximum absolute atomic E-state index is 5.70. The predicted molar refractivity (Wildman–Crippen MR) is 64.5 cm³/mol. The van der Waals surface area contributed by atoms with Gasteiger partial charge in [0.1, 0.15) is 5.82 Å². The Bertz CT molecular complexity index is 474. The molecule has 0 radical (unpaired) electrons. The van der Waals surface area contributed by atoms with E-state index in [-0.39, 0.29) is 0 Å². The lowest BCUT2D eigenvalue weighted by Gasteiger charge is -2.02. The lowest BCUT2D eigenvalue weighted by atomic mass is 10.2. The fourth-order valence-corrected chi connectivity index (χ4v) is 2.10. The molecule has 0 fully saturated rings. The average molecular weight is 223 g/mol. The van der Waals surface area contributed by atoms with Gasteiger partial charge in [-0.2, -0.15) is 0 Å². The van der Waals surface area contributed by atoms with Crippen molar-refractivity contribution in [2.45, 2.75) is 19.8 Å². The average Bonchev–Trinajstić information content (AvgIpc) is 2.54. The predicted octanol–water partition coefficient (Wildman–Crippen LogP) is 3.05. The van der Waals surface area contributed by atoms with Gasteiger partial charge < -0.3 is 4.57 Å². The molecule has 3 heteroatoms. The van der Waals surface area contributed by atoms with Crippen LogP contribution in [0.5, 0.6) is 0 Å². The standard InChI is InChI=1S/C12H15ClN2/c1-9-5-3-6-10-12(9)15(2)11(14-10)7-4-8-13/h3,5-6H,4,7-8H2,1-2H3. The van der Waals surface area contributed by atoms with Crippen molar-refractivity contribution in [2.24, 2.45) is 7.05 Å². The van der Waals surface area contributed by atoms with E-state index in [1.54, 1.807) is 0 Å². The van der Waals surface area contributed by atoms with E-state index in [1.807, 2.05) is 0 Å². The molecular formula is C12H15ClN2. The molecule has 0 unspecified atom stereocenters. The lowest BCUT2D eigenvalue weighted by molar-refractivity contribution is 0.774. The molecule has 2 aromatic rings. The zero-order valence-corrected chi connectivity index (χ0v) is 9.88. The minimum atomic E-state index is 0.697. The van der Waals surface area contributed by atoms with Crippen molar-refractivity contribution in [3.8, 4) is 0 Å². The van der Waals surface area contributed by atoms with Gasteiger partial charge in [0.25, 0.3) is 0 Å². The summed E-state index contributed by atoms with van der Waals surface area (Å²) in [6.45, 7) is 2.12.